The molecule has 180 valence electrons. The van der Waals surface area contributed by atoms with Gasteiger partial charge in [-0.25, -0.2) is 9.78 Å². The number of fused-ring (bicyclic) bond motifs is 1. The van der Waals surface area contributed by atoms with Gasteiger partial charge in [-0.3, -0.25) is 0 Å². The number of amides is 2. The fourth-order valence-electron chi connectivity index (χ4n) is 4.82. The number of nitrogens with one attached hydrogen (secondary N) is 3. The molecule has 0 aliphatic heterocycles. The molecule has 0 atom stereocenters. The largest absolute Gasteiger partial charge is 0.377 e. The van der Waals surface area contributed by atoms with Crippen LogP contribution >= 0.6 is 15.9 Å². The third-order valence-corrected chi connectivity index (χ3v) is 7.12. The minimum Gasteiger partial charge on any atom is -0.377 e. The number of aromatic nitrogens is 1. The number of nitrogens with zero attached hydrogens (tertiary/aromatic N) is 2. The van der Waals surface area contributed by atoms with Gasteiger partial charge in [-0.2, -0.15) is 0 Å². The van der Waals surface area contributed by atoms with Crippen molar-refractivity contribution in [3.8, 4) is 0 Å². The number of hydrogen-bond acceptors (Lipinski definition) is 4. The molecule has 34 heavy (non-hydrogen) atoms. The van der Waals surface area contributed by atoms with Crippen LogP contribution in [0.15, 0.2) is 46.9 Å². The van der Waals surface area contributed by atoms with E-state index in [0.717, 1.165) is 58.3 Å². The number of anilines is 3. The first-order chi connectivity index (χ1) is 16.3. The summed E-state index contributed by atoms with van der Waals surface area (Å²) in [6.45, 7) is 4.72. The smallest absolute Gasteiger partial charge is 0.319 e. The van der Waals surface area contributed by atoms with Gasteiger partial charge in [0.15, 0.2) is 0 Å². The highest BCUT2D eigenvalue weighted by molar-refractivity contribution is 9.10. The first kappa shape index (κ1) is 24.3. The van der Waals surface area contributed by atoms with Crippen LogP contribution in [0.1, 0.15) is 36.8 Å². The summed E-state index contributed by atoms with van der Waals surface area (Å²) in [6, 6.07) is 14.7. The number of aryl methyl sites for hydroxylation is 2. The fourth-order valence-corrected chi connectivity index (χ4v) is 5.51. The van der Waals surface area contributed by atoms with Gasteiger partial charge >= 0.3 is 6.03 Å². The van der Waals surface area contributed by atoms with Crippen LogP contribution in [-0.2, 0) is 0 Å². The summed E-state index contributed by atoms with van der Waals surface area (Å²) in [5.74, 6) is 1.43. The van der Waals surface area contributed by atoms with E-state index >= 15 is 0 Å². The first-order valence-corrected chi connectivity index (χ1v) is 12.7. The Balaban J connectivity index is 1.28. The number of carbonyl (C=O) groups is 1. The molecule has 3 aromatic rings. The Morgan fingerprint density at radius 3 is 2.41 bits per heavy atom. The third kappa shape index (κ3) is 5.81. The number of para-hydroxylation sites is 1. The van der Waals surface area contributed by atoms with Crippen molar-refractivity contribution in [3.63, 3.8) is 0 Å². The SMILES string of the molecule is Cc1cc(Br)cc(C)c1NC(=O)NCC1CCC(Nc2cc(N(C)C)c3ccccc3n2)CC1. The van der Waals surface area contributed by atoms with Gasteiger partial charge in [0.25, 0.3) is 0 Å². The molecular weight excluding hydrogens is 490 g/mol. The second kappa shape index (κ2) is 10.6. The van der Waals surface area contributed by atoms with E-state index in [-0.39, 0.29) is 6.03 Å². The van der Waals surface area contributed by atoms with E-state index in [0.29, 0.717) is 18.5 Å². The number of pyridine rings is 1. The number of urea groups is 1. The van der Waals surface area contributed by atoms with E-state index in [1.807, 2.05) is 32.0 Å². The summed E-state index contributed by atoms with van der Waals surface area (Å²) in [4.78, 5) is 19.5. The molecule has 2 amide bonds. The monoisotopic (exact) mass is 523 g/mol. The predicted octanol–water partition coefficient (Wildman–Crippen LogP) is 6.47. The molecule has 7 heteroatoms. The maximum atomic E-state index is 12.5. The summed E-state index contributed by atoms with van der Waals surface area (Å²) in [5, 5.41) is 10.9. The molecule has 0 radical (unpaired) electrons. The molecule has 1 aliphatic carbocycles. The van der Waals surface area contributed by atoms with Gasteiger partial charge in [-0.05, 0) is 74.8 Å². The lowest BCUT2D eigenvalue weighted by Gasteiger charge is -2.30. The number of hydrogen-bond donors (Lipinski definition) is 3. The average molecular weight is 525 g/mol. The summed E-state index contributed by atoms with van der Waals surface area (Å²) in [7, 11) is 4.14. The van der Waals surface area contributed by atoms with Crippen molar-refractivity contribution in [1.82, 2.24) is 10.3 Å². The Morgan fingerprint density at radius 2 is 1.74 bits per heavy atom. The van der Waals surface area contributed by atoms with Gasteiger partial charge in [-0.1, -0.05) is 34.1 Å². The Bertz CT molecular complexity index is 1150. The molecule has 0 spiro atoms. The highest BCUT2D eigenvalue weighted by Gasteiger charge is 2.22. The topological polar surface area (TPSA) is 69.3 Å². The third-order valence-electron chi connectivity index (χ3n) is 6.66. The lowest BCUT2D eigenvalue weighted by molar-refractivity contribution is 0.246. The molecule has 1 aliphatic rings. The molecule has 1 fully saturated rings. The van der Waals surface area contributed by atoms with Gasteiger partial charge in [0.05, 0.1) is 5.52 Å². The van der Waals surface area contributed by atoms with E-state index in [2.05, 4.69) is 75.1 Å². The van der Waals surface area contributed by atoms with Crippen LogP contribution in [0.25, 0.3) is 10.9 Å². The molecular formula is C27H34BrN5O. The van der Waals surface area contributed by atoms with E-state index in [1.54, 1.807) is 0 Å². The first-order valence-electron chi connectivity index (χ1n) is 12.0. The van der Waals surface area contributed by atoms with Crippen LogP contribution < -0.4 is 20.9 Å². The van der Waals surface area contributed by atoms with E-state index < -0.39 is 0 Å². The Morgan fingerprint density at radius 1 is 1.06 bits per heavy atom. The van der Waals surface area contributed by atoms with Crippen LogP contribution in [0.2, 0.25) is 0 Å². The number of carbonyl (C=O) groups excluding carboxylic acids is 1. The molecule has 6 nitrogen and oxygen atoms in total. The summed E-state index contributed by atoms with van der Waals surface area (Å²) in [6.07, 6.45) is 4.32. The molecule has 2 aromatic carbocycles. The Labute approximate surface area is 210 Å². The molecule has 0 unspecified atom stereocenters. The van der Waals surface area contributed by atoms with Crippen molar-refractivity contribution < 1.29 is 4.79 Å². The van der Waals surface area contributed by atoms with Crippen molar-refractivity contribution in [2.24, 2.45) is 5.92 Å². The van der Waals surface area contributed by atoms with Gasteiger partial charge in [0.1, 0.15) is 5.82 Å². The van der Waals surface area contributed by atoms with Crippen LogP contribution in [0.3, 0.4) is 0 Å². The van der Waals surface area contributed by atoms with Crippen LogP contribution in [0.4, 0.5) is 22.0 Å². The van der Waals surface area contributed by atoms with E-state index in [4.69, 9.17) is 4.98 Å². The van der Waals surface area contributed by atoms with Crippen LogP contribution in [-0.4, -0.2) is 37.7 Å². The van der Waals surface area contributed by atoms with Crippen LogP contribution in [0, 0.1) is 19.8 Å². The minimum absolute atomic E-state index is 0.134. The van der Waals surface area contributed by atoms with E-state index in [1.165, 1.54) is 11.1 Å². The van der Waals surface area contributed by atoms with E-state index in [9.17, 15) is 4.79 Å². The zero-order chi connectivity index (χ0) is 24.2. The molecule has 0 saturated heterocycles. The summed E-state index contributed by atoms with van der Waals surface area (Å²) < 4.78 is 1.02. The van der Waals surface area contributed by atoms with Gasteiger partial charge in [0, 0.05) is 54.0 Å². The molecule has 3 N–H and O–H groups in total. The van der Waals surface area contributed by atoms with Crippen LogP contribution in [0.5, 0.6) is 0 Å². The second-order valence-corrected chi connectivity index (χ2v) is 10.5. The normalized spacial score (nSPS) is 17.9. The highest BCUT2D eigenvalue weighted by atomic mass is 79.9. The van der Waals surface area contributed by atoms with Crippen molar-refractivity contribution in [2.45, 2.75) is 45.6 Å². The maximum absolute atomic E-state index is 12.5. The molecule has 0 bridgehead atoms. The average Bonchev–Trinajstić information content (AvgIpc) is 2.80. The summed E-state index contributed by atoms with van der Waals surface area (Å²) in [5.41, 5.74) is 5.17. The summed E-state index contributed by atoms with van der Waals surface area (Å²) >= 11 is 3.50. The number of rotatable bonds is 6. The van der Waals surface area contributed by atoms with Crippen molar-refractivity contribution in [1.29, 1.82) is 0 Å². The molecule has 4 rings (SSSR count). The zero-order valence-electron chi connectivity index (χ0n) is 20.4. The lowest BCUT2D eigenvalue weighted by Crippen LogP contribution is -2.36. The number of benzene rings is 2. The molecule has 1 aromatic heterocycles. The van der Waals surface area contributed by atoms with Gasteiger partial charge < -0.3 is 20.9 Å². The zero-order valence-corrected chi connectivity index (χ0v) is 22.0. The predicted molar refractivity (Wildman–Crippen MR) is 146 cm³/mol. The Hall–Kier alpha value is -2.80. The molecule has 1 saturated carbocycles. The number of halogens is 1. The fraction of sp³-hybridized carbons (Fsp3) is 0.407. The maximum Gasteiger partial charge on any atom is 0.319 e. The van der Waals surface area contributed by atoms with Gasteiger partial charge in [0.2, 0.25) is 0 Å². The molecule has 1 heterocycles. The second-order valence-electron chi connectivity index (χ2n) is 9.55. The van der Waals surface area contributed by atoms with Crippen molar-refractivity contribution in [2.75, 3.05) is 36.2 Å². The quantitative estimate of drug-likeness (QED) is 0.346. The van der Waals surface area contributed by atoms with Crippen molar-refractivity contribution >= 4 is 50.1 Å². The minimum atomic E-state index is -0.134. The van der Waals surface area contributed by atoms with Gasteiger partial charge in [-0.15, -0.1) is 0 Å². The standard InChI is InChI=1S/C27H34BrN5O/c1-17-13-20(28)14-18(2)26(17)32-27(34)29-16-19-9-11-21(12-10-19)30-25-15-24(33(3)4)22-7-5-6-8-23(22)31-25/h5-8,13-15,19,21H,9-12,16H2,1-4H3,(H,30,31)(H2,29,32,34). The Kier molecular flexibility index (Phi) is 7.61. The van der Waals surface area contributed by atoms with Crippen molar-refractivity contribution in [3.05, 3.63) is 58.1 Å². The lowest BCUT2D eigenvalue weighted by atomic mass is 9.86. The highest BCUT2D eigenvalue weighted by Crippen LogP contribution is 2.30.